The number of nitrogens with zero attached hydrogens (tertiary/aromatic N) is 1. The molecule has 0 spiro atoms. The Labute approximate surface area is 110 Å². The van der Waals surface area contributed by atoms with Crippen molar-refractivity contribution >= 4 is 0 Å². The van der Waals surface area contributed by atoms with Crippen LogP contribution in [0.25, 0.3) is 0 Å². The lowest BCUT2D eigenvalue weighted by Crippen LogP contribution is -2.35. The van der Waals surface area contributed by atoms with E-state index in [1.54, 1.807) is 0 Å². The first-order valence-corrected chi connectivity index (χ1v) is 6.39. The molecule has 1 aromatic rings. The number of hydrogen-bond acceptors (Lipinski definition) is 3. The van der Waals surface area contributed by atoms with Crippen molar-refractivity contribution in [3.05, 3.63) is 42.2 Å². The van der Waals surface area contributed by atoms with Crippen molar-refractivity contribution in [2.45, 2.75) is 45.9 Å². The highest BCUT2D eigenvalue weighted by molar-refractivity contribution is 5.13. The van der Waals surface area contributed by atoms with E-state index in [2.05, 4.69) is 43.7 Å². The summed E-state index contributed by atoms with van der Waals surface area (Å²) in [5, 5.41) is 3.44. The first-order chi connectivity index (χ1) is 8.51. The SMILES string of the molecule is C=CCCOCc1ccc(CNC(C)(C)C)cn1. The van der Waals surface area contributed by atoms with Gasteiger partial charge in [-0.3, -0.25) is 4.98 Å². The van der Waals surface area contributed by atoms with Gasteiger partial charge in [0.1, 0.15) is 0 Å². The lowest BCUT2D eigenvalue weighted by atomic mass is 10.1. The minimum atomic E-state index is 0.131. The predicted molar refractivity (Wildman–Crippen MR) is 75.3 cm³/mol. The predicted octanol–water partition coefficient (Wildman–Crippen LogP) is 3.06. The van der Waals surface area contributed by atoms with Crippen LogP contribution in [0.2, 0.25) is 0 Å². The third kappa shape index (κ3) is 6.52. The zero-order chi connectivity index (χ0) is 13.4. The molecule has 1 heterocycles. The molecular weight excluding hydrogens is 224 g/mol. The maximum absolute atomic E-state index is 5.46. The van der Waals surface area contributed by atoms with Crippen LogP contribution in [0.4, 0.5) is 0 Å². The van der Waals surface area contributed by atoms with Crippen LogP contribution in [0.1, 0.15) is 38.4 Å². The summed E-state index contributed by atoms with van der Waals surface area (Å²) in [5.74, 6) is 0. The maximum atomic E-state index is 5.46. The van der Waals surface area contributed by atoms with Crippen LogP contribution >= 0.6 is 0 Å². The molecule has 0 bridgehead atoms. The minimum Gasteiger partial charge on any atom is -0.375 e. The third-order valence-corrected chi connectivity index (χ3v) is 2.43. The van der Waals surface area contributed by atoms with Gasteiger partial charge in [0.05, 0.1) is 18.9 Å². The fourth-order valence-corrected chi connectivity index (χ4v) is 1.36. The molecule has 1 rings (SSSR count). The average molecular weight is 248 g/mol. The Kier molecular flexibility index (Phi) is 6.02. The van der Waals surface area contributed by atoms with E-state index in [0.717, 1.165) is 18.7 Å². The Morgan fingerprint density at radius 2 is 2.17 bits per heavy atom. The monoisotopic (exact) mass is 248 g/mol. The molecule has 0 aliphatic carbocycles. The molecule has 0 fully saturated rings. The van der Waals surface area contributed by atoms with Crippen LogP contribution < -0.4 is 5.32 Å². The summed E-state index contributed by atoms with van der Waals surface area (Å²) in [6.07, 6.45) is 4.65. The smallest absolute Gasteiger partial charge is 0.0887 e. The number of hydrogen-bond donors (Lipinski definition) is 1. The topological polar surface area (TPSA) is 34.1 Å². The summed E-state index contributed by atoms with van der Waals surface area (Å²) in [6.45, 7) is 12.2. The highest BCUT2D eigenvalue weighted by Gasteiger charge is 2.08. The summed E-state index contributed by atoms with van der Waals surface area (Å²) < 4.78 is 5.46. The van der Waals surface area contributed by atoms with Crippen LogP contribution in [0, 0.1) is 0 Å². The zero-order valence-corrected chi connectivity index (χ0v) is 11.7. The lowest BCUT2D eigenvalue weighted by Gasteiger charge is -2.20. The number of nitrogens with one attached hydrogen (secondary N) is 1. The van der Waals surface area contributed by atoms with Crippen LogP contribution in [0.5, 0.6) is 0 Å². The molecule has 0 unspecified atom stereocenters. The molecule has 0 radical (unpaired) electrons. The van der Waals surface area contributed by atoms with E-state index in [9.17, 15) is 0 Å². The van der Waals surface area contributed by atoms with Crippen molar-refractivity contribution in [3.63, 3.8) is 0 Å². The molecule has 0 aromatic carbocycles. The van der Waals surface area contributed by atoms with E-state index in [1.807, 2.05) is 18.3 Å². The molecule has 0 aliphatic rings. The molecular formula is C15H24N2O. The van der Waals surface area contributed by atoms with Crippen LogP contribution in [0.15, 0.2) is 31.0 Å². The molecule has 1 aromatic heterocycles. The Balaban J connectivity index is 2.35. The van der Waals surface area contributed by atoms with Crippen LogP contribution in [-0.2, 0) is 17.9 Å². The van der Waals surface area contributed by atoms with Gasteiger partial charge in [0.25, 0.3) is 0 Å². The summed E-state index contributed by atoms with van der Waals surface area (Å²) in [7, 11) is 0. The second-order valence-electron chi connectivity index (χ2n) is 5.39. The Morgan fingerprint density at radius 3 is 2.72 bits per heavy atom. The number of rotatable bonds is 7. The lowest BCUT2D eigenvalue weighted by molar-refractivity contribution is 0.122. The molecule has 3 heteroatoms. The highest BCUT2D eigenvalue weighted by atomic mass is 16.5. The van der Waals surface area contributed by atoms with Crippen LogP contribution in [0.3, 0.4) is 0 Å². The number of pyridine rings is 1. The molecule has 0 aliphatic heterocycles. The second kappa shape index (κ2) is 7.29. The van der Waals surface area contributed by atoms with Gasteiger partial charge in [-0.1, -0.05) is 12.1 Å². The van der Waals surface area contributed by atoms with Gasteiger partial charge in [-0.15, -0.1) is 6.58 Å². The minimum absolute atomic E-state index is 0.131. The van der Waals surface area contributed by atoms with Gasteiger partial charge < -0.3 is 10.1 Å². The molecule has 0 saturated carbocycles. The summed E-state index contributed by atoms with van der Waals surface area (Å²) in [6, 6.07) is 4.12. The first-order valence-electron chi connectivity index (χ1n) is 6.39. The van der Waals surface area contributed by atoms with E-state index in [0.29, 0.717) is 13.2 Å². The van der Waals surface area contributed by atoms with Gasteiger partial charge in [-0.25, -0.2) is 0 Å². The molecule has 1 N–H and O–H groups in total. The number of aromatic nitrogens is 1. The van der Waals surface area contributed by atoms with E-state index in [1.165, 1.54) is 5.56 Å². The Morgan fingerprint density at radius 1 is 1.39 bits per heavy atom. The van der Waals surface area contributed by atoms with Gasteiger partial charge in [0.15, 0.2) is 0 Å². The van der Waals surface area contributed by atoms with Gasteiger partial charge >= 0.3 is 0 Å². The van der Waals surface area contributed by atoms with Crippen molar-refractivity contribution in [2.24, 2.45) is 0 Å². The fraction of sp³-hybridized carbons (Fsp3) is 0.533. The molecule has 0 amide bonds. The van der Waals surface area contributed by atoms with Crippen molar-refractivity contribution in [1.29, 1.82) is 0 Å². The van der Waals surface area contributed by atoms with E-state index in [4.69, 9.17) is 4.74 Å². The largest absolute Gasteiger partial charge is 0.375 e. The first kappa shape index (κ1) is 14.9. The van der Waals surface area contributed by atoms with Crippen molar-refractivity contribution in [2.75, 3.05) is 6.61 Å². The van der Waals surface area contributed by atoms with Crippen LogP contribution in [-0.4, -0.2) is 17.1 Å². The standard InChI is InChI=1S/C15H24N2O/c1-5-6-9-18-12-14-8-7-13(10-16-14)11-17-15(2,3)4/h5,7-8,10,17H,1,6,9,11-12H2,2-4H3. The van der Waals surface area contributed by atoms with Crippen molar-refractivity contribution in [3.8, 4) is 0 Å². The highest BCUT2D eigenvalue weighted by Crippen LogP contribution is 2.05. The molecule has 18 heavy (non-hydrogen) atoms. The van der Waals surface area contributed by atoms with Crippen molar-refractivity contribution < 1.29 is 4.74 Å². The molecule has 100 valence electrons. The normalized spacial score (nSPS) is 11.5. The summed E-state index contributed by atoms with van der Waals surface area (Å²) in [4.78, 5) is 4.39. The van der Waals surface area contributed by atoms with E-state index >= 15 is 0 Å². The molecule has 0 saturated heterocycles. The summed E-state index contributed by atoms with van der Waals surface area (Å²) in [5.41, 5.74) is 2.30. The maximum Gasteiger partial charge on any atom is 0.0887 e. The fourth-order valence-electron chi connectivity index (χ4n) is 1.36. The van der Waals surface area contributed by atoms with Gasteiger partial charge in [-0.2, -0.15) is 0 Å². The summed E-state index contributed by atoms with van der Waals surface area (Å²) >= 11 is 0. The quantitative estimate of drug-likeness (QED) is 0.595. The zero-order valence-electron chi connectivity index (χ0n) is 11.7. The number of ether oxygens (including phenoxy) is 1. The van der Waals surface area contributed by atoms with Gasteiger partial charge in [0.2, 0.25) is 0 Å². The Hall–Kier alpha value is -1.19. The molecule has 3 nitrogen and oxygen atoms in total. The van der Waals surface area contributed by atoms with Gasteiger partial charge in [0, 0.05) is 18.3 Å². The van der Waals surface area contributed by atoms with Gasteiger partial charge in [-0.05, 0) is 38.8 Å². The Bertz CT molecular complexity index is 352. The second-order valence-corrected chi connectivity index (χ2v) is 5.39. The van der Waals surface area contributed by atoms with E-state index in [-0.39, 0.29) is 5.54 Å². The van der Waals surface area contributed by atoms with E-state index < -0.39 is 0 Å². The molecule has 0 atom stereocenters. The van der Waals surface area contributed by atoms with Crippen molar-refractivity contribution in [1.82, 2.24) is 10.3 Å². The average Bonchev–Trinajstić information content (AvgIpc) is 2.33. The third-order valence-electron chi connectivity index (χ3n) is 2.43.